The fourth-order valence-electron chi connectivity index (χ4n) is 1.72. The normalized spacial score (nSPS) is 10.2. The van der Waals surface area contributed by atoms with Gasteiger partial charge in [-0.15, -0.1) is 0 Å². The van der Waals surface area contributed by atoms with Gasteiger partial charge >= 0.3 is 0 Å². The molecule has 1 amide bonds. The summed E-state index contributed by atoms with van der Waals surface area (Å²) in [5.74, 6) is -0.0251. The Labute approximate surface area is 117 Å². The summed E-state index contributed by atoms with van der Waals surface area (Å²) in [5.41, 5.74) is 3.06. The molecule has 19 heavy (non-hydrogen) atoms. The fourth-order valence-corrected chi connectivity index (χ4v) is 1.89. The first-order valence-corrected chi connectivity index (χ1v) is 6.48. The lowest BCUT2D eigenvalue weighted by Gasteiger charge is -2.05. The van der Waals surface area contributed by atoms with E-state index in [1.165, 1.54) is 5.56 Å². The standard InChI is InChI=1S/C15H15ClN2O/c1-11-2-4-12(5-3-11)6-7-15(19)18-13-8-9-17-14(16)10-13/h2-5,8-10H,6-7H2,1H3,(H,17,18,19). The van der Waals surface area contributed by atoms with Crippen LogP contribution in [0.15, 0.2) is 42.6 Å². The SMILES string of the molecule is Cc1ccc(CCC(=O)Nc2ccnc(Cl)c2)cc1. The molecule has 0 atom stereocenters. The predicted molar refractivity (Wildman–Crippen MR) is 77.4 cm³/mol. The van der Waals surface area contributed by atoms with E-state index in [0.29, 0.717) is 17.3 Å². The van der Waals surface area contributed by atoms with Crippen molar-refractivity contribution >= 4 is 23.2 Å². The summed E-state index contributed by atoms with van der Waals surface area (Å²) in [7, 11) is 0. The third kappa shape index (κ3) is 4.38. The summed E-state index contributed by atoms with van der Waals surface area (Å²) in [4.78, 5) is 15.7. The molecule has 2 rings (SSSR count). The van der Waals surface area contributed by atoms with Crippen molar-refractivity contribution in [3.63, 3.8) is 0 Å². The van der Waals surface area contributed by atoms with Gasteiger partial charge in [-0.2, -0.15) is 0 Å². The highest BCUT2D eigenvalue weighted by atomic mass is 35.5. The van der Waals surface area contributed by atoms with Crippen molar-refractivity contribution < 1.29 is 4.79 Å². The third-order valence-electron chi connectivity index (χ3n) is 2.77. The molecule has 0 aliphatic heterocycles. The minimum absolute atomic E-state index is 0.0251. The zero-order chi connectivity index (χ0) is 13.7. The van der Waals surface area contributed by atoms with Crippen LogP contribution in [0, 0.1) is 6.92 Å². The second-order valence-corrected chi connectivity index (χ2v) is 4.79. The van der Waals surface area contributed by atoms with Crippen molar-refractivity contribution in [1.82, 2.24) is 4.98 Å². The number of rotatable bonds is 4. The van der Waals surface area contributed by atoms with Crippen molar-refractivity contribution in [2.75, 3.05) is 5.32 Å². The van der Waals surface area contributed by atoms with Gasteiger partial charge in [-0.05, 0) is 31.0 Å². The van der Waals surface area contributed by atoms with E-state index in [1.54, 1.807) is 18.3 Å². The van der Waals surface area contributed by atoms with E-state index >= 15 is 0 Å². The molecule has 0 aliphatic carbocycles. The number of pyridine rings is 1. The minimum atomic E-state index is -0.0251. The molecule has 1 N–H and O–H groups in total. The number of amides is 1. The fraction of sp³-hybridized carbons (Fsp3) is 0.200. The van der Waals surface area contributed by atoms with Crippen LogP contribution in [0.4, 0.5) is 5.69 Å². The number of carbonyl (C=O) groups excluding carboxylic acids is 1. The summed E-state index contributed by atoms with van der Waals surface area (Å²) >= 11 is 5.75. The average Bonchev–Trinajstić information content (AvgIpc) is 2.38. The predicted octanol–water partition coefficient (Wildman–Crippen LogP) is 3.61. The lowest BCUT2D eigenvalue weighted by atomic mass is 10.1. The van der Waals surface area contributed by atoms with Gasteiger partial charge in [0.1, 0.15) is 5.15 Å². The maximum atomic E-state index is 11.8. The third-order valence-corrected chi connectivity index (χ3v) is 2.98. The van der Waals surface area contributed by atoms with Gasteiger partial charge in [0, 0.05) is 18.3 Å². The van der Waals surface area contributed by atoms with Crippen molar-refractivity contribution in [1.29, 1.82) is 0 Å². The smallest absolute Gasteiger partial charge is 0.224 e. The van der Waals surface area contributed by atoms with Gasteiger partial charge in [-0.1, -0.05) is 41.4 Å². The Morgan fingerprint density at radius 2 is 2.00 bits per heavy atom. The van der Waals surface area contributed by atoms with E-state index in [1.807, 2.05) is 19.1 Å². The molecule has 0 spiro atoms. The second-order valence-electron chi connectivity index (χ2n) is 4.40. The summed E-state index contributed by atoms with van der Waals surface area (Å²) in [6, 6.07) is 11.5. The van der Waals surface area contributed by atoms with Crippen LogP contribution in [-0.4, -0.2) is 10.9 Å². The molecule has 1 heterocycles. The first kappa shape index (κ1) is 13.6. The number of hydrogen-bond acceptors (Lipinski definition) is 2. The molecule has 1 aromatic carbocycles. The molecule has 0 saturated heterocycles. The van der Waals surface area contributed by atoms with E-state index in [2.05, 4.69) is 22.4 Å². The maximum absolute atomic E-state index is 11.8. The van der Waals surface area contributed by atoms with Gasteiger partial charge in [0.2, 0.25) is 5.91 Å². The maximum Gasteiger partial charge on any atom is 0.224 e. The van der Waals surface area contributed by atoms with E-state index < -0.39 is 0 Å². The topological polar surface area (TPSA) is 42.0 Å². The molecule has 0 saturated carbocycles. The van der Waals surface area contributed by atoms with Gasteiger partial charge in [0.15, 0.2) is 0 Å². The van der Waals surface area contributed by atoms with Crippen molar-refractivity contribution in [3.8, 4) is 0 Å². The number of nitrogens with one attached hydrogen (secondary N) is 1. The lowest BCUT2D eigenvalue weighted by Crippen LogP contribution is -2.12. The molecule has 0 fully saturated rings. The molecule has 4 heteroatoms. The quantitative estimate of drug-likeness (QED) is 0.866. The van der Waals surface area contributed by atoms with E-state index in [9.17, 15) is 4.79 Å². The molecular formula is C15H15ClN2O. The van der Waals surface area contributed by atoms with Crippen LogP contribution in [-0.2, 0) is 11.2 Å². The van der Waals surface area contributed by atoms with Crippen LogP contribution in [0.2, 0.25) is 5.15 Å². The Hall–Kier alpha value is -1.87. The molecule has 1 aromatic heterocycles. The molecular weight excluding hydrogens is 260 g/mol. The van der Waals surface area contributed by atoms with Crippen LogP contribution < -0.4 is 5.32 Å². The van der Waals surface area contributed by atoms with Gasteiger partial charge in [-0.25, -0.2) is 4.98 Å². The van der Waals surface area contributed by atoms with E-state index in [4.69, 9.17) is 11.6 Å². The van der Waals surface area contributed by atoms with Crippen LogP contribution in [0.1, 0.15) is 17.5 Å². The molecule has 2 aromatic rings. The first-order chi connectivity index (χ1) is 9.13. The van der Waals surface area contributed by atoms with E-state index in [-0.39, 0.29) is 5.91 Å². The molecule has 0 aliphatic rings. The number of benzene rings is 1. The number of hydrogen-bond donors (Lipinski definition) is 1. The van der Waals surface area contributed by atoms with Crippen molar-refractivity contribution in [3.05, 3.63) is 58.9 Å². The van der Waals surface area contributed by atoms with Gasteiger partial charge < -0.3 is 5.32 Å². The summed E-state index contributed by atoms with van der Waals surface area (Å²) in [6.45, 7) is 2.05. The molecule has 0 radical (unpaired) electrons. The number of halogens is 1. The van der Waals surface area contributed by atoms with Crippen molar-refractivity contribution in [2.24, 2.45) is 0 Å². The Bertz CT molecular complexity index is 567. The van der Waals surface area contributed by atoms with Crippen molar-refractivity contribution in [2.45, 2.75) is 19.8 Å². The Morgan fingerprint density at radius 3 is 2.68 bits per heavy atom. The van der Waals surface area contributed by atoms with Crippen LogP contribution >= 0.6 is 11.6 Å². The average molecular weight is 275 g/mol. The minimum Gasteiger partial charge on any atom is -0.326 e. The number of aromatic nitrogens is 1. The Balaban J connectivity index is 1.86. The van der Waals surface area contributed by atoms with Gasteiger partial charge in [0.05, 0.1) is 0 Å². The Morgan fingerprint density at radius 1 is 1.26 bits per heavy atom. The lowest BCUT2D eigenvalue weighted by molar-refractivity contribution is -0.116. The van der Waals surface area contributed by atoms with Crippen LogP contribution in [0.5, 0.6) is 0 Å². The largest absolute Gasteiger partial charge is 0.326 e. The van der Waals surface area contributed by atoms with Gasteiger partial charge in [-0.3, -0.25) is 4.79 Å². The Kier molecular flexibility index (Phi) is 4.53. The molecule has 0 bridgehead atoms. The van der Waals surface area contributed by atoms with Crippen LogP contribution in [0.3, 0.4) is 0 Å². The van der Waals surface area contributed by atoms with Crippen LogP contribution in [0.25, 0.3) is 0 Å². The summed E-state index contributed by atoms with van der Waals surface area (Å²) in [6.07, 6.45) is 2.74. The summed E-state index contributed by atoms with van der Waals surface area (Å²) < 4.78 is 0. The highest BCUT2D eigenvalue weighted by molar-refractivity contribution is 6.29. The zero-order valence-electron chi connectivity index (χ0n) is 10.7. The number of aryl methyl sites for hydroxylation is 2. The number of nitrogens with zero attached hydrogens (tertiary/aromatic N) is 1. The molecule has 0 unspecified atom stereocenters. The number of carbonyl (C=O) groups is 1. The molecule has 3 nitrogen and oxygen atoms in total. The second kappa shape index (κ2) is 6.34. The monoisotopic (exact) mass is 274 g/mol. The highest BCUT2D eigenvalue weighted by Crippen LogP contribution is 2.13. The number of anilines is 1. The van der Waals surface area contributed by atoms with E-state index in [0.717, 1.165) is 12.0 Å². The highest BCUT2D eigenvalue weighted by Gasteiger charge is 2.03. The van der Waals surface area contributed by atoms with Gasteiger partial charge in [0.25, 0.3) is 0 Å². The first-order valence-electron chi connectivity index (χ1n) is 6.10. The zero-order valence-corrected chi connectivity index (χ0v) is 11.4. The molecule has 98 valence electrons. The summed E-state index contributed by atoms with van der Waals surface area (Å²) in [5, 5.41) is 3.17.